The molecule has 0 unspecified atom stereocenters. The molecule has 0 fully saturated rings. The van der Waals surface area contributed by atoms with Crippen LogP contribution in [0.2, 0.25) is 0 Å². The maximum absolute atomic E-state index is 11.5. The van der Waals surface area contributed by atoms with Crippen LogP contribution in [0.15, 0.2) is 24.3 Å². The van der Waals surface area contributed by atoms with Gasteiger partial charge in [0.15, 0.2) is 0 Å². The lowest BCUT2D eigenvalue weighted by atomic mass is 10.1. The van der Waals surface area contributed by atoms with Crippen molar-refractivity contribution in [2.45, 2.75) is 26.3 Å². The second-order valence-corrected chi connectivity index (χ2v) is 3.73. The highest BCUT2D eigenvalue weighted by Crippen LogP contribution is 2.16. The number of imide groups is 1. The van der Waals surface area contributed by atoms with Gasteiger partial charge in [-0.05, 0) is 25.0 Å². The zero-order chi connectivity index (χ0) is 12.8. The minimum Gasteiger partial charge on any atom is -0.374 e. The van der Waals surface area contributed by atoms with Gasteiger partial charge in [-0.2, -0.15) is 0 Å². The van der Waals surface area contributed by atoms with Crippen molar-refractivity contribution in [1.29, 1.82) is 0 Å². The third-order valence-electron chi connectivity index (χ3n) is 2.41. The zero-order valence-electron chi connectivity index (χ0n) is 9.99. The van der Waals surface area contributed by atoms with Crippen LogP contribution in [0.3, 0.4) is 0 Å². The van der Waals surface area contributed by atoms with Crippen molar-refractivity contribution in [3.63, 3.8) is 0 Å². The monoisotopic (exact) mass is 235 g/mol. The van der Waals surface area contributed by atoms with E-state index in [1.165, 1.54) is 0 Å². The van der Waals surface area contributed by atoms with Crippen molar-refractivity contribution in [2.24, 2.45) is 5.73 Å². The first-order valence-electron chi connectivity index (χ1n) is 5.49. The number of urea groups is 1. The van der Waals surface area contributed by atoms with E-state index in [9.17, 15) is 9.59 Å². The maximum atomic E-state index is 11.5. The number of nitrogens with two attached hydrogens (primary N) is 1. The largest absolute Gasteiger partial charge is 0.374 e. The van der Waals surface area contributed by atoms with Gasteiger partial charge in [-0.25, -0.2) is 4.79 Å². The van der Waals surface area contributed by atoms with Crippen LogP contribution >= 0.6 is 0 Å². The van der Waals surface area contributed by atoms with Gasteiger partial charge in [0.2, 0.25) is 5.91 Å². The molecule has 3 amide bonds. The van der Waals surface area contributed by atoms with Crippen LogP contribution in [0.25, 0.3) is 0 Å². The molecule has 92 valence electrons. The summed E-state index contributed by atoms with van der Waals surface area (Å²) < 4.78 is 0. The molecule has 0 aliphatic rings. The lowest BCUT2D eigenvalue weighted by Crippen LogP contribution is -2.43. The molecular formula is C12H17N3O2. The molecule has 1 atom stereocenters. The van der Waals surface area contributed by atoms with Gasteiger partial charge in [-0.1, -0.05) is 25.1 Å². The molecule has 1 rings (SSSR count). The van der Waals surface area contributed by atoms with E-state index in [1.54, 1.807) is 6.92 Å². The van der Waals surface area contributed by atoms with Crippen molar-refractivity contribution < 1.29 is 9.59 Å². The number of benzene rings is 1. The van der Waals surface area contributed by atoms with Crippen LogP contribution in [0, 0.1) is 0 Å². The molecule has 5 heteroatoms. The molecule has 0 spiro atoms. The molecule has 5 nitrogen and oxygen atoms in total. The number of aryl methyl sites for hydroxylation is 1. The molecule has 1 aromatic rings. The van der Waals surface area contributed by atoms with Gasteiger partial charge < -0.3 is 11.1 Å². The first kappa shape index (κ1) is 13.0. The molecular weight excluding hydrogens is 218 g/mol. The van der Waals surface area contributed by atoms with E-state index >= 15 is 0 Å². The fraction of sp³-hybridized carbons (Fsp3) is 0.333. The van der Waals surface area contributed by atoms with Gasteiger partial charge in [-0.3, -0.25) is 10.1 Å². The first-order chi connectivity index (χ1) is 8.04. The highest BCUT2D eigenvalue weighted by Gasteiger charge is 2.14. The molecule has 1 aromatic carbocycles. The van der Waals surface area contributed by atoms with Crippen LogP contribution in [0.1, 0.15) is 19.4 Å². The number of hydrogen-bond donors (Lipinski definition) is 3. The summed E-state index contributed by atoms with van der Waals surface area (Å²) in [6.07, 6.45) is 0.868. The number of rotatable bonds is 4. The first-order valence-corrected chi connectivity index (χ1v) is 5.49. The Morgan fingerprint density at radius 1 is 1.35 bits per heavy atom. The molecule has 4 N–H and O–H groups in total. The average Bonchev–Trinajstić information content (AvgIpc) is 2.28. The highest BCUT2D eigenvalue weighted by molar-refractivity contribution is 5.97. The summed E-state index contributed by atoms with van der Waals surface area (Å²) in [4.78, 5) is 22.0. The Bertz CT molecular complexity index is 418. The molecule has 0 saturated heterocycles. The fourth-order valence-corrected chi connectivity index (χ4v) is 1.50. The summed E-state index contributed by atoms with van der Waals surface area (Å²) in [5.41, 5.74) is 6.89. The van der Waals surface area contributed by atoms with Crippen molar-refractivity contribution in [3.05, 3.63) is 29.8 Å². The average molecular weight is 235 g/mol. The molecule has 0 radical (unpaired) electrons. The number of hydrogen-bond acceptors (Lipinski definition) is 3. The molecule has 0 heterocycles. The van der Waals surface area contributed by atoms with Crippen LogP contribution in [-0.2, 0) is 11.2 Å². The summed E-state index contributed by atoms with van der Waals surface area (Å²) >= 11 is 0. The summed E-state index contributed by atoms with van der Waals surface area (Å²) in [5.74, 6) is -0.441. The second kappa shape index (κ2) is 5.89. The number of nitrogens with one attached hydrogen (secondary N) is 2. The minimum atomic E-state index is -0.840. The van der Waals surface area contributed by atoms with Gasteiger partial charge >= 0.3 is 6.03 Å². The highest BCUT2D eigenvalue weighted by atomic mass is 16.2. The number of carbonyl (C=O) groups is 2. The minimum absolute atomic E-state index is 0.441. The lowest BCUT2D eigenvalue weighted by Gasteiger charge is -2.16. The molecule has 0 aromatic heterocycles. The molecule has 0 aliphatic heterocycles. The second-order valence-electron chi connectivity index (χ2n) is 3.73. The van der Waals surface area contributed by atoms with Crippen molar-refractivity contribution in [3.8, 4) is 0 Å². The van der Waals surface area contributed by atoms with Crippen LogP contribution in [0.5, 0.6) is 0 Å². The van der Waals surface area contributed by atoms with Crippen molar-refractivity contribution in [2.75, 3.05) is 5.32 Å². The van der Waals surface area contributed by atoms with E-state index in [0.717, 1.165) is 17.7 Å². The third-order valence-corrected chi connectivity index (χ3v) is 2.41. The zero-order valence-corrected chi connectivity index (χ0v) is 9.99. The predicted molar refractivity (Wildman–Crippen MR) is 66.6 cm³/mol. The summed E-state index contributed by atoms with van der Waals surface area (Å²) in [5, 5.41) is 5.08. The molecule has 0 saturated carbocycles. The van der Waals surface area contributed by atoms with Gasteiger partial charge in [0.05, 0.1) is 0 Å². The SMILES string of the molecule is CCc1ccccc1N[C@@H](C)C(=O)NC(N)=O. The molecule has 0 bridgehead atoms. The van der Waals surface area contributed by atoms with Crippen LogP contribution in [0.4, 0.5) is 10.5 Å². The van der Waals surface area contributed by atoms with E-state index in [-0.39, 0.29) is 0 Å². The van der Waals surface area contributed by atoms with E-state index in [2.05, 4.69) is 5.32 Å². The van der Waals surface area contributed by atoms with Gasteiger partial charge in [0.25, 0.3) is 0 Å². The van der Waals surface area contributed by atoms with E-state index < -0.39 is 18.0 Å². The Hall–Kier alpha value is -2.04. The van der Waals surface area contributed by atoms with E-state index in [1.807, 2.05) is 36.5 Å². The lowest BCUT2D eigenvalue weighted by molar-refractivity contribution is -0.120. The van der Waals surface area contributed by atoms with Gasteiger partial charge in [0.1, 0.15) is 6.04 Å². The Morgan fingerprint density at radius 3 is 2.59 bits per heavy atom. The van der Waals surface area contributed by atoms with Crippen LogP contribution in [-0.4, -0.2) is 18.0 Å². The topological polar surface area (TPSA) is 84.2 Å². The van der Waals surface area contributed by atoms with Gasteiger partial charge in [0, 0.05) is 5.69 Å². The summed E-state index contributed by atoms with van der Waals surface area (Å²) in [7, 11) is 0. The number of amides is 3. The van der Waals surface area contributed by atoms with E-state index in [0.29, 0.717) is 0 Å². The Labute approximate surface area is 100 Å². The maximum Gasteiger partial charge on any atom is 0.318 e. The van der Waals surface area contributed by atoms with E-state index in [4.69, 9.17) is 5.73 Å². The fourth-order valence-electron chi connectivity index (χ4n) is 1.50. The third kappa shape index (κ3) is 3.79. The summed E-state index contributed by atoms with van der Waals surface area (Å²) in [6.45, 7) is 3.71. The molecule has 17 heavy (non-hydrogen) atoms. The standard InChI is InChI=1S/C12H17N3O2/c1-3-9-6-4-5-7-10(9)14-8(2)11(16)15-12(13)17/h4-8,14H,3H2,1-2H3,(H3,13,15,16,17)/t8-/m0/s1. The molecule has 0 aliphatic carbocycles. The number of primary amides is 1. The Balaban J connectivity index is 2.70. The van der Waals surface area contributed by atoms with Gasteiger partial charge in [-0.15, -0.1) is 0 Å². The quantitative estimate of drug-likeness (QED) is 0.734. The van der Waals surface area contributed by atoms with Crippen molar-refractivity contribution >= 4 is 17.6 Å². The van der Waals surface area contributed by atoms with Crippen molar-refractivity contribution in [1.82, 2.24) is 5.32 Å². The normalized spacial score (nSPS) is 11.6. The number of carbonyl (C=O) groups excluding carboxylic acids is 2. The summed E-state index contributed by atoms with van der Waals surface area (Å²) in [6, 6.07) is 6.36. The number of anilines is 1. The van der Waals surface area contributed by atoms with Crippen LogP contribution < -0.4 is 16.4 Å². The Morgan fingerprint density at radius 2 is 2.00 bits per heavy atom. The Kier molecular flexibility index (Phi) is 4.51. The number of para-hydroxylation sites is 1. The predicted octanol–water partition coefficient (Wildman–Crippen LogP) is 1.24. The smallest absolute Gasteiger partial charge is 0.318 e.